The first-order valence-electron chi connectivity index (χ1n) is 9.63. The molecule has 0 radical (unpaired) electrons. The number of anilines is 1. The second-order valence-electron chi connectivity index (χ2n) is 7.02. The van der Waals surface area contributed by atoms with E-state index < -0.39 is 0 Å². The largest absolute Gasteiger partial charge is 0.493 e. The molecule has 32 heavy (non-hydrogen) atoms. The third-order valence-corrected chi connectivity index (χ3v) is 5.22. The molecule has 0 aliphatic rings. The van der Waals surface area contributed by atoms with Gasteiger partial charge in [0, 0.05) is 5.56 Å². The lowest BCUT2D eigenvalue weighted by Gasteiger charge is -2.15. The number of halogens is 1. The van der Waals surface area contributed by atoms with Gasteiger partial charge >= 0.3 is 5.65 Å². The molecule has 0 amide bonds. The number of nitriles is 1. The minimum Gasteiger partial charge on any atom is -0.493 e. The highest BCUT2D eigenvalue weighted by Crippen LogP contribution is 2.44. The van der Waals surface area contributed by atoms with Gasteiger partial charge < -0.3 is 19.9 Å². The number of rotatable bonds is 5. The van der Waals surface area contributed by atoms with E-state index in [9.17, 15) is 9.65 Å². The van der Waals surface area contributed by atoms with E-state index in [2.05, 4.69) is 16.2 Å². The van der Waals surface area contributed by atoms with Crippen molar-refractivity contribution in [1.29, 1.82) is 5.26 Å². The molecule has 0 spiro atoms. The zero-order chi connectivity index (χ0) is 23.0. The molecule has 0 saturated heterocycles. The van der Waals surface area contributed by atoms with E-state index in [1.807, 2.05) is 6.92 Å². The summed E-state index contributed by atoms with van der Waals surface area (Å²) in [5.41, 5.74) is 9.55. The number of fused-ring (bicyclic) bond motifs is 1. The van der Waals surface area contributed by atoms with Crippen LogP contribution in [0.4, 0.5) is 10.2 Å². The van der Waals surface area contributed by atoms with Crippen molar-refractivity contribution in [2.45, 2.75) is 6.92 Å². The normalized spacial score (nSPS) is 10.8. The van der Waals surface area contributed by atoms with Gasteiger partial charge in [0.1, 0.15) is 22.8 Å². The maximum atomic E-state index is 13.4. The van der Waals surface area contributed by atoms with E-state index in [4.69, 9.17) is 19.9 Å². The van der Waals surface area contributed by atoms with E-state index >= 15 is 0 Å². The summed E-state index contributed by atoms with van der Waals surface area (Å²) in [5.74, 6) is 1.03. The monoisotopic (exact) mass is 434 g/mol. The second kappa shape index (κ2) is 8.07. The number of aryl methyl sites for hydroxylation is 1. The fourth-order valence-corrected chi connectivity index (χ4v) is 3.79. The third kappa shape index (κ3) is 3.22. The molecule has 0 bridgehead atoms. The molecule has 2 aromatic heterocycles. The Kier molecular flexibility index (Phi) is 5.28. The van der Waals surface area contributed by atoms with Crippen molar-refractivity contribution in [2.75, 3.05) is 27.1 Å². The Labute approximate surface area is 183 Å². The fourth-order valence-electron chi connectivity index (χ4n) is 3.79. The minimum absolute atomic E-state index is 0.0682. The zero-order valence-corrected chi connectivity index (χ0v) is 18.0. The molecule has 0 aliphatic carbocycles. The average Bonchev–Trinajstić information content (AvgIpc) is 3.13. The molecule has 9 heteroatoms. The summed E-state index contributed by atoms with van der Waals surface area (Å²) in [6, 6.07) is 11.6. The van der Waals surface area contributed by atoms with Gasteiger partial charge in [-0.05, 0) is 53.9 Å². The number of nitrogens with one attached hydrogen (secondary N) is 1. The van der Waals surface area contributed by atoms with Gasteiger partial charge in [-0.3, -0.25) is 0 Å². The Hall–Kier alpha value is -4.32. The average molecular weight is 434 g/mol. The summed E-state index contributed by atoms with van der Waals surface area (Å²) in [6.45, 7) is 1.86. The summed E-state index contributed by atoms with van der Waals surface area (Å²) in [4.78, 5) is 4.48. The number of nitrogens with zero attached hydrogens (tertiary/aromatic N) is 3. The first kappa shape index (κ1) is 20.9. The number of nitrogens with two attached hydrogens (primary N) is 1. The Balaban J connectivity index is 2.10. The van der Waals surface area contributed by atoms with Crippen LogP contribution in [-0.2, 0) is 0 Å². The van der Waals surface area contributed by atoms with E-state index in [-0.39, 0.29) is 17.2 Å². The van der Waals surface area contributed by atoms with Gasteiger partial charge in [0.2, 0.25) is 5.75 Å². The second-order valence-corrected chi connectivity index (χ2v) is 7.02. The van der Waals surface area contributed by atoms with Crippen LogP contribution < -0.4 is 24.6 Å². The van der Waals surface area contributed by atoms with E-state index in [1.165, 1.54) is 33.5 Å². The molecule has 2 aromatic carbocycles. The van der Waals surface area contributed by atoms with Crippen molar-refractivity contribution in [3.63, 3.8) is 0 Å². The number of hydrogen-bond acceptors (Lipinski definition) is 6. The van der Waals surface area contributed by atoms with Crippen molar-refractivity contribution in [3.05, 3.63) is 53.5 Å². The summed E-state index contributed by atoms with van der Waals surface area (Å²) < 4.78 is 31.5. The van der Waals surface area contributed by atoms with Crippen LogP contribution in [0.1, 0.15) is 11.3 Å². The number of ether oxygens (including phenoxy) is 3. The van der Waals surface area contributed by atoms with Crippen LogP contribution in [0.3, 0.4) is 0 Å². The van der Waals surface area contributed by atoms with Crippen LogP contribution in [0.2, 0.25) is 0 Å². The first-order chi connectivity index (χ1) is 15.4. The zero-order valence-electron chi connectivity index (χ0n) is 18.0. The molecule has 0 unspecified atom stereocenters. The minimum atomic E-state index is -0.348. The quantitative estimate of drug-likeness (QED) is 0.466. The number of aromatic amines is 1. The summed E-state index contributed by atoms with van der Waals surface area (Å²) in [6.07, 6.45) is 0. The van der Waals surface area contributed by atoms with Crippen LogP contribution in [0.5, 0.6) is 17.2 Å². The first-order valence-corrected chi connectivity index (χ1v) is 9.63. The number of benzene rings is 2. The Morgan fingerprint density at radius 3 is 2.22 bits per heavy atom. The molecule has 0 atom stereocenters. The maximum Gasteiger partial charge on any atom is 0.359 e. The third-order valence-electron chi connectivity index (χ3n) is 5.22. The Bertz CT molecular complexity index is 1350. The Morgan fingerprint density at radius 2 is 1.69 bits per heavy atom. The number of nitrogen functional groups attached to an aromatic ring is 1. The predicted molar refractivity (Wildman–Crippen MR) is 117 cm³/mol. The molecule has 4 rings (SSSR count). The molecule has 3 N–H and O–H groups in total. The highest BCUT2D eigenvalue weighted by Gasteiger charge is 2.29. The van der Waals surface area contributed by atoms with Gasteiger partial charge in [0.15, 0.2) is 17.2 Å². The molecule has 8 nitrogen and oxygen atoms in total. The topological polar surface area (TPSA) is 110 Å². The highest BCUT2D eigenvalue weighted by molar-refractivity contribution is 5.99. The molecule has 2 heterocycles. The van der Waals surface area contributed by atoms with E-state index in [0.717, 1.165) is 5.69 Å². The van der Waals surface area contributed by atoms with Gasteiger partial charge in [-0.2, -0.15) is 5.26 Å². The van der Waals surface area contributed by atoms with Crippen LogP contribution in [-0.4, -0.2) is 31.4 Å². The van der Waals surface area contributed by atoms with Crippen molar-refractivity contribution < 1.29 is 23.3 Å². The van der Waals surface area contributed by atoms with Gasteiger partial charge in [-0.15, -0.1) is 4.68 Å². The summed E-state index contributed by atoms with van der Waals surface area (Å²) in [5, 5.41) is 13.8. The number of H-pyrrole nitrogens is 1. The van der Waals surface area contributed by atoms with Gasteiger partial charge in [0.05, 0.1) is 27.0 Å². The summed E-state index contributed by atoms with van der Waals surface area (Å²) >= 11 is 0. The van der Waals surface area contributed by atoms with Crippen molar-refractivity contribution in [2.24, 2.45) is 0 Å². The Morgan fingerprint density at radius 1 is 1.06 bits per heavy atom. The maximum absolute atomic E-state index is 13.4. The summed E-state index contributed by atoms with van der Waals surface area (Å²) in [7, 11) is 4.56. The number of methoxy groups -OCH3 is 3. The lowest BCUT2D eigenvalue weighted by atomic mass is 9.96. The molecule has 4 aromatic rings. The molecular weight excluding hydrogens is 413 g/mol. The van der Waals surface area contributed by atoms with Gasteiger partial charge in [-0.1, -0.05) is 0 Å². The van der Waals surface area contributed by atoms with Gasteiger partial charge in [-0.25, -0.2) is 9.49 Å². The van der Waals surface area contributed by atoms with E-state index in [1.54, 1.807) is 28.9 Å². The predicted octanol–water partition coefficient (Wildman–Crippen LogP) is 3.43. The molecule has 0 aliphatic heterocycles. The van der Waals surface area contributed by atoms with Crippen LogP contribution in [0.25, 0.3) is 27.8 Å². The van der Waals surface area contributed by atoms with Gasteiger partial charge in [0.25, 0.3) is 5.82 Å². The molecule has 0 saturated carbocycles. The van der Waals surface area contributed by atoms with Crippen LogP contribution in [0, 0.1) is 24.1 Å². The lowest BCUT2D eigenvalue weighted by molar-refractivity contribution is -0.632. The molecule has 0 fully saturated rings. The van der Waals surface area contributed by atoms with Crippen LogP contribution in [0.15, 0.2) is 36.4 Å². The van der Waals surface area contributed by atoms with Crippen molar-refractivity contribution in [1.82, 2.24) is 10.1 Å². The standard InChI is InChI=1S/C23H20FN5O3/c1-12-19-20(13-9-17(30-2)21(32-4)18(10-13)31-3)16(11-25)22(26)27-23(19)29(28-12)15-7-5-14(24)6-8-15/h5-10H,1-4H3,(H2,26,27,28)/p+1. The molecule has 162 valence electrons. The van der Waals surface area contributed by atoms with E-state index in [0.29, 0.717) is 45.1 Å². The fraction of sp³-hybridized carbons (Fsp3) is 0.174. The number of hydrogen-bond donors (Lipinski definition) is 2. The SMILES string of the molecule is COc1cc(-c2c(C#N)c(N)nc3c2c(C)[nH][n+]3-c2ccc(F)cc2)cc(OC)c1OC. The number of aromatic nitrogens is 3. The number of pyridine rings is 1. The smallest absolute Gasteiger partial charge is 0.359 e. The van der Waals surface area contributed by atoms with Crippen molar-refractivity contribution in [3.8, 4) is 40.1 Å². The van der Waals surface area contributed by atoms with Crippen molar-refractivity contribution >= 4 is 16.9 Å². The molecular formula is C23H21FN5O3+. The highest BCUT2D eigenvalue weighted by atomic mass is 19.1. The van der Waals surface area contributed by atoms with Crippen LogP contribution >= 0.6 is 0 Å². The lowest BCUT2D eigenvalue weighted by Crippen LogP contribution is -2.33.